The summed E-state index contributed by atoms with van der Waals surface area (Å²) in [7, 11) is 0. The van der Waals surface area contributed by atoms with Crippen molar-refractivity contribution in [3.63, 3.8) is 0 Å². The lowest BCUT2D eigenvalue weighted by molar-refractivity contribution is 0.0696. The minimum absolute atomic E-state index is 0.0185. The summed E-state index contributed by atoms with van der Waals surface area (Å²) in [4.78, 5) is 23.5. The molecule has 56 valence electrons. The molecule has 0 atom stereocenters. The maximum atomic E-state index is 10.3. The van der Waals surface area contributed by atoms with Crippen LogP contribution in [0.3, 0.4) is 0 Å². The number of carboxylic acid groups (broad SMARTS) is 1. The molecule has 11 heavy (non-hydrogen) atoms. The number of carboxylic acids is 1. The van der Waals surface area contributed by atoms with E-state index in [0.29, 0.717) is 0 Å². The van der Waals surface area contributed by atoms with Gasteiger partial charge in [-0.2, -0.15) is 0 Å². The van der Waals surface area contributed by atoms with Gasteiger partial charge >= 0.3 is 5.97 Å². The third-order valence-corrected chi connectivity index (χ3v) is 1.09. The number of nitroso groups, excluding NO2 is 1. The van der Waals surface area contributed by atoms with Crippen molar-refractivity contribution in [3.05, 3.63) is 28.8 Å². The lowest BCUT2D eigenvalue weighted by Gasteiger charge is -1.90. The van der Waals surface area contributed by atoms with Crippen molar-refractivity contribution < 1.29 is 9.90 Å². The molecule has 0 aromatic carbocycles. The Kier molecular flexibility index (Phi) is 1.91. The van der Waals surface area contributed by atoms with Crippen LogP contribution in [0.1, 0.15) is 10.4 Å². The van der Waals surface area contributed by atoms with Gasteiger partial charge in [-0.05, 0) is 17.3 Å². The lowest BCUT2D eigenvalue weighted by atomic mass is 10.3. The van der Waals surface area contributed by atoms with E-state index in [1.54, 1.807) is 0 Å². The first-order valence-electron chi connectivity index (χ1n) is 2.77. The molecule has 0 saturated heterocycles. The molecule has 1 N–H and O–H groups in total. The molecule has 1 aromatic heterocycles. The molecule has 0 amide bonds. The summed E-state index contributed by atoms with van der Waals surface area (Å²) in [6.45, 7) is 0. The zero-order valence-corrected chi connectivity index (χ0v) is 5.39. The first-order valence-corrected chi connectivity index (χ1v) is 2.77. The van der Waals surface area contributed by atoms with E-state index >= 15 is 0 Å². The van der Waals surface area contributed by atoms with E-state index in [9.17, 15) is 9.70 Å². The van der Waals surface area contributed by atoms with E-state index < -0.39 is 5.97 Å². The van der Waals surface area contributed by atoms with Crippen molar-refractivity contribution in [1.82, 2.24) is 4.98 Å². The minimum atomic E-state index is -1.07. The Morgan fingerprint density at radius 2 is 2.27 bits per heavy atom. The van der Waals surface area contributed by atoms with Gasteiger partial charge < -0.3 is 5.11 Å². The van der Waals surface area contributed by atoms with Gasteiger partial charge in [0.2, 0.25) is 0 Å². The summed E-state index contributed by atoms with van der Waals surface area (Å²) in [5, 5.41) is 10.9. The first kappa shape index (κ1) is 7.33. The second-order valence-electron chi connectivity index (χ2n) is 1.80. The van der Waals surface area contributed by atoms with Gasteiger partial charge in [0.1, 0.15) is 0 Å². The summed E-state index contributed by atoms with van der Waals surface area (Å²) in [5.74, 6) is -1.09. The summed E-state index contributed by atoms with van der Waals surface area (Å²) in [6.07, 6.45) is 1.08. The Morgan fingerprint density at radius 1 is 1.55 bits per heavy atom. The highest BCUT2D eigenvalue weighted by atomic mass is 16.4. The highest BCUT2D eigenvalue weighted by molar-refractivity contribution is 5.87. The molecule has 5 nitrogen and oxygen atoms in total. The zero-order chi connectivity index (χ0) is 8.27. The van der Waals surface area contributed by atoms with Gasteiger partial charge in [-0.1, -0.05) is 0 Å². The van der Waals surface area contributed by atoms with Crippen molar-refractivity contribution in [2.24, 2.45) is 5.18 Å². The van der Waals surface area contributed by atoms with Crippen LogP contribution in [0.15, 0.2) is 23.5 Å². The molecule has 0 aliphatic heterocycles. The molecular weight excluding hydrogens is 148 g/mol. The molecule has 0 aliphatic carbocycles. The molecule has 5 heteroatoms. The Hall–Kier alpha value is -1.78. The lowest BCUT2D eigenvalue weighted by Crippen LogP contribution is -1.95. The summed E-state index contributed by atoms with van der Waals surface area (Å²) < 4.78 is 0. The van der Waals surface area contributed by atoms with Crippen molar-refractivity contribution in [1.29, 1.82) is 0 Å². The van der Waals surface area contributed by atoms with E-state index in [-0.39, 0.29) is 11.4 Å². The number of carbonyl (C=O) groups is 1. The van der Waals surface area contributed by atoms with Crippen LogP contribution in [-0.4, -0.2) is 16.1 Å². The topological polar surface area (TPSA) is 79.6 Å². The molecule has 0 bridgehead atoms. The van der Waals surface area contributed by atoms with Crippen LogP contribution >= 0.6 is 0 Å². The van der Waals surface area contributed by atoms with Gasteiger partial charge in [-0.25, -0.2) is 9.78 Å². The van der Waals surface area contributed by atoms with Crippen molar-refractivity contribution >= 4 is 11.8 Å². The molecule has 0 radical (unpaired) electrons. The fraction of sp³-hybridized carbons (Fsp3) is 0. The first-order chi connectivity index (χ1) is 5.24. The molecule has 1 rings (SSSR count). The second kappa shape index (κ2) is 2.87. The quantitative estimate of drug-likeness (QED) is 0.645. The Labute approximate surface area is 61.7 Å². The van der Waals surface area contributed by atoms with Crippen molar-refractivity contribution in [2.45, 2.75) is 0 Å². The van der Waals surface area contributed by atoms with Gasteiger partial charge in [0.15, 0.2) is 5.82 Å². The fourth-order valence-corrected chi connectivity index (χ4v) is 0.567. The predicted molar refractivity (Wildman–Crippen MR) is 36.7 cm³/mol. The molecule has 0 aliphatic rings. The SMILES string of the molecule is O=Nc1ccc(C(=O)O)cn1. The highest BCUT2D eigenvalue weighted by Gasteiger charge is 2.01. The van der Waals surface area contributed by atoms with E-state index in [2.05, 4.69) is 10.2 Å². The van der Waals surface area contributed by atoms with Crippen LogP contribution in [-0.2, 0) is 0 Å². The number of hydrogen-bond donors (Lipinski definition) is 1. The van der Waals surface area contributed by atoms with E-state index in [1.165, 1.54) is 12.1 Å². The monoisotopic (exact) mass is 152 g/mol. The van der Waals surface area contributed by atoms with Gasteiger partial charge in [0.25, 0.3) is 0 Å². The van der Waals surface area contributed by atoms with E-state index in [4.69, 9.17) is 5.11 Å². The Bertz CT molecular complexity index is 280. The summed E-state index contributed by atoms with van der Waals surface area (Å²) >= 11 is 0. The second-order valence-corrected chi connectivity index (χ2v) is 1.80. The zero-order valence-electron chi connectivity index (χ0n) is 5.39. The van der Waals surface area contributed by atoms with E-state index in [1.807, 2.05) is 0 Å². The molecule has 1 aromatic rings. The molecule has 0 fully saturated rings. The van der Waals surface area contributed by atoms with E-state index in [0.717, 1.165) is 6.20 Å². The molecule has 1 heterocycles. The average Bonchev–Trinajstić information content (AvgIpc) is 2.05. The highest BCUT2D eigenvalue weighted by Crippen LogP contribution is 2.06. The minimum Gasteiger partial charge on any atom is -0.478 e. The average molecular weight is 152 g/mol. The maximum Gasteiger partial charge on any atom is 0.337 e. The number of aromatic nitrogens is 1. The Balaban J connectivity index is 3.00. The fourth-order valence-electron chi connectivity index (χ4n) is 0.567. The maximum absolute atomic E-state index is 10.3. The molecule has 0 saturated carbocycles. The molecular formula is C6H4N2O3. The van der Waals surface area contributed by atoms with Gasteiger partial charge in [0.05, 0.1) is 5.56 Å². The normalized spacial score (nSPS) is 9.09. The third-order valence-electron chi connectivity index (χ3n) is 1.09. The van der Waals surface area contributed by atoms with Crippen LogP contribution in [0.4, 0.5) is 5.82 Å². The van der Waals surface area contributed by atoms with Crippen LogP contribution in [0.2, 0.25) is 0 Å². The summed E-state index contributed by atoms with van der Waals surface area (Å²) in [5.41, 5.74) is 0.0393. The standard InChI is InChI=1S/C6H4N2O3/c9-6(10)4-1-2-5(8-11)7-3-4/h1-3H,(H,9,10). The Morgan fingerprint density at radius 3 is 2.64 bits per heavy atom. The van der Waals surface area contributed by atoms with Crippen molar-refractivity contribution in [2.75, 3.05) is 0 Å². The molecule has 0 unspecified atom stereocenters. The third kappa shape index (κ3) is 1.57. The number of hydrogen-bond acceptors (Lipinski definition) is 4. The number of pyridine rings is 1. The van der Waals surface area contributed by atoms with Gasteiger partial charge in [-0.15, -0.1) is 4.91 Å². The summed E-state index contributed by atoms with van der Waals surface area (Å²) in [6, 6.07) is 2.52. The van der Waals surface area contributed by atoms with Crippen LogP contribution in [0.25, 0.3) is 0 Å². The number of rotatable bonds is 2. The van der Waals surface area contributed by atoms with Crippen LogP contribution < -0.4 is 0 Å². The molecule has 0 spiro atoms. The largest absolute Gasteiger partial charge is 0.478 e. The number of aromatic carboxylic acids is 1. The van der Waals surface area contributed by atoms with Crippen LogP contribution in [0.5, 0.6) is 0 Å². The van der Waals surface area contributed by atoms with Gasteiger partial charge in [0, 0.05) is 6.20 Å². The number of nitrogens with zero attached hydrogens (tertiary/aromatic N) is 2. The smallest absolute Gasteiger partial charge is 0.337 e. The van der Waals surface area contributed by atoms with Crippen LogP contribution in [0, 0.1) is 4.91 Å². The van der Waals surface area contributed by atoms with Crippen molar-refractivity contribution in [3.8, 4) is 0 Å². The van der Waals surface area contributed by atoms with Gasteiger partial charge in [-0.3, -0.25) is 0 Å². The predicted octanol–water partition coefficient (Wildman–Crippen LogP) is 1.18.